The topological polar surface area (TPSA) is 45.0 Å². The maximum Gasteiger partial charge on any atom is 0.141 e. The van der Waals surface area contributed by atoms with Gasteiger partial charge in [0.1, 0.15) is 17.6 Å². The van der Waals surface area contributed by atoms with E-state index < -0.39 is 5.82 Å². The van der Waals surface area contributed by atoms with Gasteiger partial charge in [-0.1, -0.05) is 23.7 Å². The van der Waals surface area contributed by atoms with E-state index in [-0.39, 0.29) is 5.02 Å². The number of hydrogen-bond acceptors (Lipinski definition) is 3. The molecule has 108 valence electrons. The van der Waals surface area contributed by atoms with Gasteiger partial charge in [-0.3, -0.25) is 0 Å². The average molecular weight is 305 g/mol. The lowest BCUT2D eigenvalue weighted by molar-refractivity contribution is 0.413. The van der Waals surface area contributed by atoms with Gasteiger partial charge in [-0.15, -0.1) is 0 Å². The van der Waals surface area contributed by atoms with E-state index >= 15 is 0 Å². The molecule has 0 aliphatic heterocycles. The highest BCUT2D eigenvalue weighted by Gasteiger charge is 2.04. The summed E-state index contributed by atoms with van der Waals surface area (Å²) < 4.78 is 18.1. The van der Waals surface area contributed by atoms with E-state index in [1.54, 1.807) is 24.3 Å². The summed E-state index contributed by atoms with van der Waals surface area (Å²) in [6, 6.07) is 12.2. The van der Waals surface area contributed by atoms with Gasteiger partial charge in [0.15, 0.2) is 0 Å². The maximum absolute atomic E-state index is 13.0. The zero-order valence-electron chi connectivity index (χ0n) is 11.5. The van der Waals surface area contributed by atoms with E-state index in [2.05, 4.69) is 11.4 Å². The highest BCUT2D eigenvalue weighted by atomic mass is 35.5. The Balaban J connectivity index is 1.97. The number of nitrogens with zero attached hydrogens (tertiary/aromatic N) is 1. The lowest BCUT2D eigenvalue weighted by Gasteiger charge is -2.08. The van der Waals surface area contributed by atoms with E-state index in [4.69, 9.17) is 21.6 Å². The third-order valence-electron chi connectivity index (χ3n) is 3.03. The third-order valence-corrected chi connectivity index (χ3v) is 3.32. The number of nitriles is 1. The van der Waals surface area contributed by atoms with E-state index in [9.17, 15) is 4.39 Å². The minimum atomic E-state index is -0.422. The number of rotatable bonds is 5. The first kappa shape index (κ1) is 15.3. The van der Waals surface area contributed by atoms with Crippen molar-refractivity contribution in [2.45, 2.75) is 13.1 Å². The van der Waals surface area contributed by atoms with Crippen molar-refractivity contribution in [3.63, 3.8) is 0 Å². The molecule has 1 N–H and O–H groups in total. The molecule has 0 bridgehead atoms. The molecule has 21 heavy (non-hydrogen) atoms. The Morgan fingerprint density at radius 1 is 1.19 bits per heavy atom. The molecule has 0 amide bonds. The summed E-state index contributed by atoms with van der Waals surface area (Å²) >= 11 is 5.73. The van der Waals surface area contributed by atoms with Gasteiger partial charge in [0.2, 0.25) is 0 Å². The van der Waals surface area contributed by atoms with E-state index in [0.717, 1.165) is 11.1 Å². The Bertz CT molecular complexity index is 682. The van der Waals surface area contributed by atoms with Crippen LogP contribution in [0.1, 0.15) is 16.7 Å². The standard InChI is InChI=1S/C16H14ClFN2O/c1-21-16-5-3-11(6-13(16)8-19)9-20-10-12-2-4-15(18)14(17)7-12/h2-7,20H,9-10H2,1H3. The molecule has 0 aliphatic carbocycles. The SMILES string of the molecule is COc1ccc(CNCc2ccc(F)c(Cl)c2)cc1C#N. The molecular weight excluding hydrogens is 291 g/mol. The van der Waals surface area contributed by atoms with Crippen LogP contribution < -0.4 is 10.1 Å². The average Bonchev–Trinajstić information content (AvgIpc) is 2.50. The molecule has 2 aromatic carbocycles. The molecule has 0 fully saturated rings. The Morgan fingerprint density at radius 2 is 1.86 bits per heavy atom. The summed E-state index contributed by atoms with van der Waals surface area (Å²) in [7, 11) is 1.53. The first-order valence-corrected chi connectivity index (χ1v) is 6.73. The molecule has 0 aliphatic rings. The Labute approximate surface area is 127 Å². The van der Waals surface area contributed by atoms with E-state index in [1.165, 1.54) is 13.2 Å². The Morgan fingerprint density at radius 3 is 2.48 bits per heavy atom. The fraction of sp³-hybridized carbons (Fsp3) is 0.188. The van der Waals surface area contributed by atoms with Crippen LogP contribution in [0.5, 0.6) is 5.75 Å². The van der Waals surface area contributed by atoms with Crippen molar-refractivity contribution < 1.29 is 9.13 Å². The molecule has 0 radical (unpaired) electrons. The van der Waals surface area contributed by atoms with Crippen LogP contribution in [0.3, 0.4) is 0 Å². The fourth-order valence-corrected chi connectivity index (χ4v) is 2.16. The molecule has 2 rings (SSSR count). The quantitative estimate of drug-likeness (QED) is 0.917. The first-order chi connectivity index (χ1) is 10.1. The molecule has 0 saturated heterocycles. The minimum absolute atomic E-state index is 0.116. The van der Waals surface area contributed by atoms with Crippen LogP contribution in [-0.4, -0.2) is 7.11 Å². The normalized spacial score (nSPS) is 10.2. The van der Waals surface area contributed by atoms with Gasteiger partial charge in [0.05, 0.1) is 17.7 Å². The predicted molar refractivity (Wildman–Crippen MR) is 79.7 cm³/mol. The smallest absolute Gasteiger partial charge is 0.141 e. The lowest BCUT2D eigenvalue weighted by Crippen LogP contribution is -2.12. The number of halogens is 2. The van der Waals surface area contributed by atoms with Gasteiger partial charge >= 0.3 is 0 Å². The molecule has 0 heterocycles. The van der Waals surface area contributed by atoms with Crippen LogP contribution >= 0.6 is 11.6 Å². The fourth-order valence-electron chi connectivity index (χ4n) is 1.95. The largest absolute Gasteiger partial charge is 0.495 e. The number of ether oxygens (including phenoxy) is 1. The van der Waals surface area contributed by atoms with Crippen LogP contribution in [0.15, 0.2) is 36.4 Å². The molecule has 3 nitrogen and oxygen atoms in total. The molecule has 0 spiro atoms. The van der Waals surface area contributed by atoms with Crippen molar-refractivity contribution >= 4 is 11.6 Å². The summed E-state index contributed by atoms with van der Waals surface area (Å²) in [5.41, 5.74) is 2.37. The maximum atomic E-state index is 13.0. The van der Waals surface area contributed by atoms with E-state index in [1.807, 2.05) is 6.07 Å². The van der Waals surface area contributed by atoms with Crippen molar-refractivity contribution in [1.29, 1.82) is 5.26 Å². The zero-order valence-corrected chi connectivity index (χ0v) is 12.2. The van der Waals surface area contributed by atoms with Crippen molar-refractivity contribution in [2.24, 2.45) is 0 Å². The van der Waals surface area contributed by atoms with Crippen LogP contribution in [0.4, 0.5) is 4.39 Å². The van der Waals surface area contributed by atoms with Gasteiger partial charge in [0, 0.05) is 13.1 Å². The molecular formula is C16H14ClFN2O. The van der Waals surface area contributed by atoms with Gasteiger partial charge in [-0.25, -0.2) is 4.39 Å². The van der Waals surface area contributed by atoms with Crippen LogP contribution in [0.2, 0.25) is 5.02 Å². The summed E-state index contributed by atoms with van der Waals surface area (Å²) in [6.07, 6.45) is 0. The number of hydrogen-bond donors (Lipinski definition) is 1. The van der Waals surface area contributed by atoms with E-state index in [0.29, 0.717) is 24.4 Å². The molecule has 0 atom stereocenters. The number of nitrogens with one attached hydrogen (secondary N) is 1. The third kappa shape index (κ3) is 3.94. The lowest BCUT2D eigenvalue weighted by atomic mass is 10.1. The summed E-state index contributed by atoms with van der Waals surface area (Å²) in [5.74, 6) is 0.140. The van der Waals surface area contributed by atoms with Gasteiger partial charge < -0.3 is 10.1 Å². The Kier molecular flexibility index (Phi) is 5.15. The Hall–Kier alpha value is -2.09. The van der Waals surface area contributed by atoms with Crippen molar-refractivity contribution in [3.05, 3.63) is 63.9 Å². The molecule has 2 aromatic rings. The summed E-state index contributed by atoms with van der Waals surface area (Å²) in [5, 5.41) is 12.4. The van der Waals surface area contributed by atoms with Gasteiger partial charge in [-0.05, 0) is 35.4 Å². The zero-order chi connectivity index (χ0) is 15.2. The van der Waals surface area contributed by atoms with Crippen LogP contribution in [0.25, 0.3) is 0 Å². The van der Waals surface area contributed by atoms with Crippen LogP contribution in [-0.2, 0) is 13.1 Å². The second-order valence-electron chi connectivity index (χ2n) is 4.50. The first-order valence-electron chi connectivity index (χ1n) is 6.35. The van der Waals surface area contributed by atoms with Crippen molar-refractivity contribution in [3.8, 4) is 11.8 Å². The highest BCUT2D eigenvalue weighted by Crippen LogP contribution is 2.19. The summed E-state index contributed by atoms with van der Waals surface area (Å²) in [6.45, 7) is 1.15. The minimum Gasteiger partial charge on any atom is -0.495 e. The number of methoxy groups -OCH3 is 1. The summed E-state index contributed by atoms with van der Waals surface area (Å²) in [4.78, 5) is 0. The molecule has 0 aromatic heterocycles. The highest BCUT2D eigenvalue weighted by molar-refractivity contribution is 6.30. The second-order valence-corrected chi connectivity index (χ2v) is 4.91. The molecule has 5 heteroatoms. The predicted octanol–water partition coefficient (Wildman–Crippen LogP) is 3.65. The van der Waals surface area contributed by atoms with Crippen molar-refractivity contribution in [2.75, 3.05) is 7.11 Å². The molecule has 0 unspecified atom stereocenters. The number of benzene rings is 2. The monoisotopic (exact) mass is 304 g/mol. The van der Waals surface area contributed by atoms with Crippen LogP contribution in [0, 0.1) is 17.1 Å². The van der Waals surface area contributed by atoms with Crippen molar-refractivity contribution in [1.82, 2.24) is 5.32 Å². The van der Waals surface area contributed by atoms with Gasteiger partial charge in [0.25, 0.3) is 0 Å². The second kappa shape index (κ2) is 7.07. The molecule has 0 saturated carbocycles. The van der Waals surface area contributed by atoms with Gasteiger partial charge in [-0.2, -0.15) is 5.26 Å².